The van der Waals surface area contributed by atoms with Crippen molar-refractivity contribution in [2.75, 3.05) is 7.11 Å². The second-order valence-corrected chi connectivity index (χ2v) is 5.26. The van der Waals surface area contributed by atoms with Crippen LogP contribution in [0.2, 0.25) is 0 Å². The minimum Gasteiger partial charge on any atom is -0.478 e. The first kappa shape index (κ1) is 15.7. The molecule has 0 aliphatic rings. The predicted molar refractivity (Wildman–Crippen MR) is 89.9 cm³/mol. The van der Waals surface area contributed by atoms with E-state index in [4.69, 9.17) is 4.74 Å². The molecule has 1 N–H and O–H groups in total. The van der Waals surface area contributed by atoms with E-state index in [0.717, 1.165) is 5.56 Å². The van der Waals surface area contributed by atoms with E-state index in [1.165, 1.54) is 7.11 Å². The number of rotatable bonds is 4. The lowest BCUT2D eigenvalue weighted by molar-refractivity contribution is -0.139. The fourth-order valence-corrected chi connectivity index (χ4v) is 2.72. The number of carbonyl (C=O) groups excluding carboxylic acids is 1. The number of carboxylic acids is 1. The van der Waals surface area contributed by atoms with Gasteiger partial charge in [0, 0.05) is 16.5 Å². The Morgan fingerprint density at radius 1 is 1.04 bits per heavy atom. The molecule has 24 heavy (non-hydrogen) atoms. The molecular weight excluding hydrogens is 306 g/mol. The number of para-hydroxylation sites is 1. The number of fused-ring (bicyclic) bond motifs is 1. The van der Waals surface area contributed by atoms with E-state index in [-0.39, 0.29) is 12.0 Å². The van der Waals surface area contributed by atoms with E-state index >= 15 is 0 Å². The molecule has 5 nitrogen and oxygen atoms in total. The maximum absolute atomic E-state index is 11.9. The molecule has 0 radical (unpaired) electrons. The third-order valence-electron chi connectivity index (χ3n) is 3.80. The van der Waals surface area contributed by atoms with Crippen LogP contribution in [0.5, 0.6) is 0 Å². The molecule has 5 heteroatoms. The Hall–Kier alpha value is -3.21. The van der Waals surface area contributed by atoms with Crippen molar-refractivity contribution < 1.29 is 19.4 Å². The molecule has 0 aliphatic heterocycles. The largest absolute Gasteiger partial charge is 0.478 e. The Morgan fingerprint density at radius 2 is 1.71 bits per heavy atom. The van der Waals surface area contributed by atoms with E-state index in [1.54, 1.807) is 24.3 Å². The number of hydrogen-bond donors (Lipinski definition) is 1. The maximum atomic E-state index is 11.9. The SMILES string of the molecule is COC(=O)Cc1c(-c2ccccc2)nc2ccccc2c1C(=O)O. The fraction of sp³-hybridized carbons (Fsp3) is 0.105. The lowest BCUT2D eigenvalue weighted by Crippen LogP contribution is -2.13. The summed E-state index contributed by atoms with van der Waals surface area (Å²) < 4.78 is 4.73. The first-order valence-corrected chi connectivity index (χ1v) is 7.39. The van der Waals surface area contributed by atoms with Gasteiger partial charge in [-0.15, -0.1) is 0 Å². The second kappa shape index (κ2) is 6.50. The number of hydrogen-bond acceptors (Lipinski definition) is 4. The van der Waals surface area contributed by atoms with Gasteiger partial charge in [0.25, 0.3) is 0 Å². The third kappa shape index (κ3) is 2.84. The van der Waals surface area contributed by atoms with Gasteiger partial charge in [-0.1, -0.05) is 48.5 Å². The Kier molecular flexibility index (Phi) is 4.24. The Bertz CT molecular complexity index is 919. The highest BCUT2D eigenvalue weighted by atomic mass is 16.5. The lowest BCUT2D eigenvalue weighted by atomic mass is 9.94. The van der Waals surface area contributed by atoms with E-state index in [1.807, 2.05) is 30.3 Å². The van der Waals surface area contributed by atoms with Crippen LogP contribution in [0.3, 0.4) is 0 Å². The zero-order valence-corrected chi connectivity index (χ0v) is 13.0. The topological polar surface area (TPSA) is 76.5 Å². The Balaban J connectivity index is 2.38. The van der Waals surface area contributed by atoms with Crippen molar-refractivity contribution in [3.8, 4) is 11.3 Å². The normalized spacial score (nSPS) is 10.5. The van der Waals surface area contributed by atoms with Crippen molar-refractivity contribution in [3.05, 3.63) is 65.7 Å². The van der Waals surface area contributed by atoms with Crippen molar-refractivity contribution in [2.24, 2.45) is 0 Å². The van der Waals surface area contributed by atoms with Crippen LogP contribution in [0, 0.1) is 0 Å². The summed E-state index contributed by atoms with van der Waals surface area (Å²) in [5, 5.41) is 10.2. The predicted octanol–water partition coefficient (Wildman–Crippen LogP) is 3.32. The van der Waals surface area contributed by atoms with Gasteiger partial charge in [0.1, 0.15) is 0 Å². The molecule has 0 atom stereocenters. The molecule has 0 aliphatic carbocycles. The average Bonchev–Trinajstić information content (AvgIpc) is 2.61. The van der Waals surface area contributed by atoms with E-state index < -0.39 is 11.9 Å². The number of aromatic carboxylic acids is 1. The Labute approximate surface area is 138 Å². The number of methoxy groups -OCH3 is 1. The number of pyridine rings is 1. The maximum Gasteiger partial charge on any atom is 0.336 e. The molecule has 0 bridgehead atoms. The highest BCUT2D eigenvalue weighted by molar-refractivity contribution is 6.06. The number of carbonyl (C=O) groups is 2. The fourth-order valence-electron chi connectivity index (χ4n) is 2.72. The minimum atomic E-state index is -1.09. The van der Waals surface area contributed by atoms with Crippen LogP contribution in [-0.2, 0) is 16.0 Å². The monoisotopic (exact) mass is 321 g/mol. The Morgan fingerprint density at radius 3 is 2.38 bits per heavy atom. The first-order valence-electron chi connectivity index (χ1n) is 7.39. The molecule has 0 fully saturated rings. The summed E-state index contributed by atoms with van der Waals surface area (Å²) in [5.41, 5.74) is 2.26. The molecule has 0 saturated heterocycles. The highest BCUT2D eigenvalue weighted by Crippen LogP contribution is 2.30. The quantitative estimate of drug-likeness (QED) is 0.746. The van der Waals surface area contributed by atoms with Crippen LogP contribution in [0.4, 0.5) is 0 Å². The smallest absolute Gasteiger partial charge is 0.336 e. The van der Waals surface area contributed by atoms with Crippen molar-refractivity contribution in [2.45, 2.75) is 6.42 Å². The van der Waals surface area contributed by atoms with Gasteiger partial charge in [0.15, 0.2) is 0 Å². The highest BCUT2D eigenvalue weighted by Gasteiger charge is 2.23. The van der Waals surface area contributed by atoms with Gasteiger partial charge in [-0.25, -0.2) is 9.78 Å². The van der Waals surface area contributed by atoms with Gasteiger partial charge in [-0.2, -0.15) is 0 Å². The minimum absolute atomic E-state index is 0.0878. The number of esters is 1. The standard InChI is InChI=1S/C19H15NO4/c1-24-16(21)11-14-17(19(22)23)13-9-5-6-10-15(13)20-18(14)12-7-3-2-4-8-12/h2-10H,11H2,1H3,(H,22,23). The summed E-state index contributed by atoms with van der Waals surface area (Å²) in [6, 6.07) is 16.2. The van der Waals surface area contributed by atoms with Crippen LogP contribution in [0.1, 0.15) is 15.9 Å². The summed E-state index contributed by atoms with van der Waals surface area (Å²) in [5.74, 6) is -1.60. The van der Waals surface area contributed by atoms with Crippen LogP contribution in [0.25, 0.3) is 22.2 Å². The third-order valence-corrected chi connectivity index (χ3v) is 3.80. The van der Waals surface area contributed by atoms with Crippen molar-refractivity contribution >= 4 is 22.8 Å². The summed E-state index contributed by atoms with van der Waals surface area (Å²) in [6.45, 7) is 0. The van der Waals surface area contributed by atoms with Crippen molar-refractivity contribution in [3.63, 3.8) is 0 Å². The lowest BCUT2D eigenvalue weighted by Gasteiger charge is -2.14. The summed E-state index contributed by atoms with van der Waals surface area (Å²) in [7, 11) is 1.28. The zero-order chi connectivity index (χ0) is 17.1. The summed E-state index contributed by atoms with van der Waals surface area (Å²) >= 11 is 0. The summed E-state index contributed by atoms with van der Waals surface area (Å²) in [4.78, 5) is 28.3. The van der Waals surface area contributed by atoms with Gasteiger partial charge < -0.3 is 9.84 Å². The molecule has 0 spiro atoms. The molecule has 3 aromatic rings. The summed E-state index contributed by atoms with van der Waals surface area (Å²) in [6.07, 6.45) is -0.153. The van der Waals surface area contributed by atoms with Gasteiger partial charge in [0.05, 0.1) is 30.3 Å². The number of aromatic nitrogens is 1. The van der Waals surface area contributed by atoms with Gasteiger partial charge in [-0.3, -0.25) is 4.79 Å². The van der Waals surface area contributed by atoms with Crippen molar-refractivity contribution in [1.29, 1.82) is 0 Å². The number of benzene rings is 2. The van der Waals surface area contributed by atoms with Crippen LogP contribution < -0.4 is 0 Å². The van der Waals surface area contributed by atoms with Gasteiger partial charge in [-0.05, 0) is 6.07 Å². The molecule has 1 heterocycles. The van der Waals surface area contributed by atoms with Crippen LogP contribution >= 0.6 is 0 Å². The molecule has 120 valence electrons. The van der Waals surface area contributed by atoms with Gasteiger partial charge >= 0.3 is 11.9 Å². The number of nitrogens with zero attached hydrogens (tertiary/aromatic N) is 1. The van der Waals surface area contributed by atoms with E-state index in [2.05, 4.69) is 4.98 Å². The van der Waals surface area contributed by atoms with Crippen molar-refractivity contribution in [1.82, 2.24) is 4.98 Å². The molecule has 1 aromatic heterocycles. The molecule has 0 unspecified atom stereocenters. The van der Waals surface area contributed by atoms with E-state index in [0.29, 0.717) is 22.2 Å². The van der Waals surface area contributed by atoms with Crippen LogP contribution in [-0.4, -0.2) is 29.1 Å². The molecule has 3 rings (SSSR count). The molecular formula is C19H15NO4. The first-order chi connectivity index (χ1) is 11.6. The number of carboxylic acid groups (broad SMARTS) is 1. The molecule has 0 saturated carbocycles. The van der Waals surface area contributed by atoms with E-state index in [9.17, 15) is 14.7 Å². The van der Waals surface area contributed by atoms with Gasteiger partial charge in [0.2, 0.25) is 0 Å². The van der Waals surface area contributed by atoms with Crippen LogP contribution in [0.15, 0.2) is 54.6 Å². The average molecular weight is 321 g/mol. The number of ether oxygens (including phenoxy) is 1. The molecule has 0 amide bonds. The second-order valence-electron chi connectivity index (χ2n) is 5.26. The molecule has 2 aromatic carbocycles. The zero-order valence-electron chi connectivity index (χ0n) is 13.0.